The lowest BCUT2D eigenvalue weighted by molar-refractivity contribution is 0.407. The van der Waals surface area contributed by atoms with E-state index in [0.29, 0.717) is 12.0 Å². The van der Waals surface area contributed by atoms with Crippen LogP contribution < -0.4 is 5.32 Å². The second kappa shape index (κ2) is 5.40. The van der Waals surface area contributed by atoms with Crippen LogP contribution in [-0.4, -0.2) is 12.6 Å². The van der Waals surface area contributed by atoms with Crippen LogP contribution in [0.2, 0.25) is 0 Å². The Bertz CT molecular complexity index is 216. The number of hydrogen-bond donors (Lipinski definition) is 1. The minimum atomic E-state index is 0.628. The molecule has 0 aliphatic carbocycles. The van der Waals surface area contributed by atoms with Gasteiger partial charge in [0.25, 0.3) is 0 Å². The molecule has 1 unspecified atom stereocenters. The maximum Gasteiger partial charge on any atom is 0.0138 e. The fourth-order valence-corrected chi connectivity index (χ4v) is 2.22. The first-order valence-corrected chi connectivity index (χ1v) is 5.87. The molecule has 0 aromatic carbocycles. The lowest BCUT2D eigenvalue weighted by Gasteiger charge is -2.20. The molecule has 1 nitrogen and oxygen atoms in total. The van der Waals surface area contributed by atoms with Gasteiger partial charge in [0, 0.05) is 10.9 Å². The Balaban J connectivity index is 2.47. The van der Waals surface area contributed by atoms with Crippen molar-refractivity contribution in [2.45, 2.75) is 33.2 Å². The molecule has 0 aliphatic rings. The fraction of sp³-hybridized carbons (Fsp3) is 0.636. The van der Waals surface area contributed by atoms with E-state index in [9.17, 15) is 0 Å². The monoisotopic (exact) mass is 197 g/mol. The molecule has 1 rings (SSSR count). The van der Waals surface area contributed by atoms with E-state index in [-0.39, 0.29) is 0 Å². The Labute approximate surface area is 85.2 Å². The predicted octanol–water partition coefficient (Wildman–Crippen LogP) is 2.92. The van der Waals surface area contributed by atoms with Crippen molar-refractivity contribution < 1.29 is 0 Å². The molecule has 0 bridgehead atoms. The SMILES string of the molecule is CCNC(Cc1cccs1)C(C)C. The molecular weight excluding hydrogens is 178 g/mol. The van der Waals surface area contributed by atoms with Crippen molar-refractivity contribution in [1.29, 1.82) is 0 Å². The third-order valence-electron chi connectivity index (χ3n) is 2.27. The number of rotatable bonds is 5. The largest absolute Gasteiger partial charge is 0.314 e. The summed E-state index contributed by atoms with van der Waals surface area (Å²) in [7, 11) is 0. The summed E-state index contributed by atoms with van der Waals surface area (Å²) in [6, 6.07) is 4.98. The Morgan fingerprint density at radius 3 is 2.69 bits per heavy atom. The number of thiophene rings is 1. The van der Waals surface area contributed by atoms with Gasteiger partial charge in [-0.25, -0.2) is 0 Å². The van der Waals surface area contributed by atoms with E-state index in [1.54, 1.807) is 0 Å². The van der Waals surface area contributed by atoms with E-state index in [1.165, 1.54) is 11.3 Å². The molecule has 74 valence electrons. The molecule has 1 atom stereocenters. The summed E-state index contributed by atoms with van der Waals surface area (Å²) in [6.45, 7) is 7.79. The van der Waals surface area contributed by atoms with Crippen molar-refractivity contribution in [2.24, 2.45) is 5.92 Å². The summed E-state index contributed by atoms with van der Waals surface area (Å²) >= 11 is 1.85. The Hall–Kier alpha value is -0.340. The molecule has 13 heavy (non-hydrogen) atoms. The van der Waals surface area contributed by atoms with Gasteiger partial charge in [-0.1, -0.05) is 26.8 Å². The molecule has 0 spiro atoms. The third kappa shape index (κ3) is 3.49. The van der Waals surface area contributed by atoms with Gasteiger partial charge in [-0.2, -0.15) is 0 Å². The van der Waals surface area contributed by atoms with Crippen molar-refractivity contribution in [2.75, 3.05) is 6.54 Å². The molecule has 1 aromatic rings. The van der Waals surface area contributed by atoms with Gasteiger partial charge < -0.3 is 5.32 Å². The average Bonchev–Trinajstić information content (AvgIpc) is 2.56. The van der Waals surface area contributed by atoms with Crippen LogP contribution >= 0.6 is 11.3 Å². The van der Waals surface area contributed by atoms with E-state index in [2.05, 4.69) is 43.6 Å². The van der Waals surface area contributed by atoms with Crippen LogP contribution in [0, 0.1) is 5.92 Å². The normalized spacial score (nSPS) is 13.5. The van der Waals surface area contributed by atoms with Crippen LogP contribution in [-0.2, 0) is 6.42 Å². The number of likely N-dealkylation sites (N-methyl/N-ethyl adjacent to an activating group) is 1. The first-order chi connectivity index (χ1) is 6.24. The lowest BCUT2D eigenvalue weighted by atomic mass is 10.0. The summed E-state index contributed by atoms with van der Waals surface area (Å²) in [5, 5.41) is 5.68. The maximum atomic E-state index is 3.53. The standard InChI is InChI=1S/C11H19NS/c1-4-12-11(9(2)3)8-10-6-5-7-13-10/h5-7,9,11-12H,4,8H2,1-3H3. The van der Waals surface area contributed by atoms with Gasteiger partial charge in [0.2, 0.25) is 0 Å². The van der Waals surface area contributed by atoms with Crippen molar-refractivity contribution >= 4 is 11.3 Å². The quantitative estimate of drug-likeness (QED) is 0.765. The molecule has 0 saturated heterocycles. The van der Waals surface area contributed by atoms with Crippen molar-refractivity contribution in [1.82, 2.24) is 5.32 Å². The maximum absolute atomic E-state index is 3.53. The van der Waals surface area contributed by atoms with Crippen LogP contribution in [0.25, 0.3) is 0 Å². The highest BCUT2D eigenvalue weighted by Gasteiger charge is 2.12. The average molecular weight is 197 g/mol. The molecule has 0 amide bonds. The third-order valence-corrected chi connectivity index (χ3v) is 3.17. The van der Waals surface area contributed by atoms with E-state index in [1.807, 2.05) is 11.3 Å². The summed E-state index contributed by atoms with van der Waals surface area (Å²) < 4.78 is 0. The Morgan fingerprint density at radius 2 is 2.23 bits per heavy atom. The van der Waals surface area contributed by atoms with E-state index < -0.39 is 0 Å². The zero-order valence-corrected chi connectivity index (χ0v) is 9.53. The Kier molecular flexibility index (Phi) is 4.46. The number of nitrogens with one attached hydrogen (secondary N) is 1. The zero-order chi connectivity index (χ0) is 9.68. The molecule has 0 fully saturated rings. The van der Waals surface area contributed by atoms with Crippen molar-refractivity contribution in [3.8, 4) is 0 Å². The van der Waals surface area contributed by atoms with Gasteiger partial charge in [0.05, 0.1) is 0 Å². The highest BCUT2D eigenvalue weighted by Crippen LogP contribution is 2.14. The highest BCUT2D eigenvalue weighted by atomic mass is 32.1. The summed E-state index contributed by atoms with van der Waals surface area (Å²) in [6.07, 6.45) is 1.17. The van der Waals surface area contributed by atoms with Gasteiger partial charge in [-0.05, 0) is 30.3 Å². The van der Waals surface area contributed by atoms with Gasteiger partial charge in [-0.3, -0.25) is 0 Å². The first kappa shape index (κ1) is 10.7. The second-order valence-electron chi connectivity index (χ2n) is 3.69. The van der Waals surface area contributed by atoms with Crippen LogP contribution in [0.5, 0.6) is 0 Å². The van der Waals surface area contributed by atoms with Crippen LogP contribution in [0.15, 0.2) is 17.5 Å². The summed E-state index contributed by atoms with van der Waals surface area (Å²) in [5.41, 5.74) is 0. The molecule has 0 radical (unpaired) electrons. The van der Waals surface area contributed by atoms with E-state index in [0.717, 1.165) is 6.54 Å². The highest BCUT2D eigenvalue weighted by molar-refractivity contribution is 7.09. The first-order valence-electron chi connectivity index (χ1n) is 4.99. The van der Waals surface area contributed by atoms with Gasteiger partial charge in [0.1, 0.15) is 0 Å². The van der Waals surface area contributed by atoms with E-state index >= 15 is 0 Å². The fourth-order valence-electron chi connectivity index (χ4n) is 1.45. The second-order valence-corrected chi connectivity index (χ2v) is 4.72. The predicted molar refractivity (Wildman–Crippen MR) is 60.3 cm³/mol. The van der Waals surface area contributed by atoms with Gasteiger partial charge >= 0.3 is 0 Å². The smallest absolute Gasteiger partial charge is 0.0138 e. The molecule has 1 N–H and O–H groups in total. The van der Waals surface area contributed by atoms with Gasteiger partial charge in [0.15, 0.2) is 0 Å². The molecule has 0 aliphatic heterocycles. The summed E-state index contributed by atoms with van der Waals surface area (Å²) in [5.74, 6) is 0.710. The minimum Gasteiger partial charge on any atom is -0.314 e. The van der Waals surface area contributed by atoms with Crippen molar-refractivity contribution in [3.63, 3.8) is 0 Å². The molecule has 1 aromatic heterocycles. The molecule has 2 heteroatoms. The molecular formula is C11H19NS. The van der Waals surface area contributed by atoms with E-state index in [4.69, 9.17) is 0 Å². The Morgan fingerprint density at radius 1 is 1.46 bits per heavy atom. The molecule has 1 heterocycles. The summed E-state index contributed by atoms with van der Waals surface area (Å²) in [4.78, 5) is 1.49. The van der Waals surface area contributed by atoms with Crippen molar-refractivity contribution in [3.05, 3.63) is 22.4 Å². The van der Waals surface area contributed by atoms with Crippen LogP contribution in [0.4, 0.5) is 0 Å². The topological polar surface area (TPSA) is 12.0 Å². The van der Waals surface area contributed by atoms with Gasteiger partial charge in [-0.15, -0.1) is 11.3 Å². The zero-order valence-electron chi connectivity index (χ0n) is 8.71. The minimum absolute atomic E-state index is 0.628. The lowest BCUT2D eigenvalue weighted by Crippen LogP contribution is -2.35. The number of hydrogen-bond acceptors (Lipinski definition) is 2. The molecule has 0 saturated carbocycles. The van der Waals surface area contributed by atoms with Crippen LogP contribution in [0.1, 0.15) is 25.6 Å². The van der Waals surface area contributed by atoms with Crippen LogP contribution in [0.3, 0.4) is 0 Å².